The molecular formula is C22H24FN3O2. The zero-order valence-corrected chi connectivity index (χ0v) is 16.1. The largest absolute Gasteiger partial charge is 0.355 e. The predicted molar refractivity (Wildman–Crippen MR) is 105 cm³/mol. The minimum atomic E-state index is -0.320. The molecule has 1 atom stereocenters. The lowest BCUT2D eigenvalue weighted by Crippen LogP contribution is -2.30. The Balaban J connectivity index is 1.51. The topological polar surface area (TPSA) is 68.0 Å². The molecule has 0 bridgehead atoms. The van der Waals surface area contributed by atoms with Gasteiger partial charge in [0.2, 0.25) is 17.6 Å². The van der Waals surface area contributed by atoms with E-state index in [1.165, 1.54) is 17.7 Å². The maximum absolute atomic E-state index is 13.0. The second-order valence-electron chi connectivity index (χ2n) is 7.08. The van der Waals surface area contributed by atoms with Gasteiger partial charge in [-0.1, -0.05) is 49.3 Å². The highest BCUT2D eigenvalue weighted by Crippen LogP contribution is 2.23. The summed E-state index contributed by atoms with van der Waals surface area (Å²) in [5.74, 6) is 1.08. The van der Waals surface area contributed by atoms with Crippen LogP contribution in [0.2, 0.25) is 0 Å². The van der Waals surface area contributed by atoms with Crippen molar-refractivity contribution >= 4 is 5.91 Å². The summed E-state index contributed by atoms with van der Waals surface area (Å²) >= 11 is 0. The molecule has 0 aliphatic heterocycles. The van der Waals surface area contributed by atoms with E-state index in [0.717, 1.165) is 0 Å². The van der Waals surface area contributed by atoms with Crippen molar-refractivity contribution in [1.29, 1.82) is 0 Å². The average molecular weight is 381 g/mol. The molecule has 0 fully saturated rings. The summed E-state index contributed by atoms with van der Waals surface area (Å²) in [6.07, 6.45) is 0.627. The Bertz CT molecular complexity index is 892. The van der Waals surface area contributed by atoms with Crippen LogP contribution in [0.25, 0.3) is 11.4 Å². The first kappa shape index (κ1) is 19.7. The Kier molecular flexibility index (Phi) is 6.53. The second-order valence-corrected chi connectivity index (χ2v) is 7.08. The van der Waals surface area contributed by atoms with Crippen LogP contribution in [-0.4, -0.2) is 22.6 Å². The van der Waals surface area contributed by atoms with Gasteiger partial charge in [0.05, 0.1) is 0 Å². The highest BCUT2D eigenvalue weighted by molar-refractivity contribution is 5.76. The Morgan fingerprint density at radius 2 is 1.82 bits per heavy atom. The fraction of sp³-hybridized carbons (Fsp3) is 0.318. The summed E-state index contributed by atoms with van der Waals surface area (Å²) in [4.78, 5) is 16.5. The fourth-order valence-electron chi connectivity index (χ4n) is 3.04. The number of nitrogens with one attached hydrogen (secondary N) is 1. The van der Waals surface area contributed by atoms with Crippen LogP contribution in [0.15, 0.2) is 59.1 Å². The quantitative estimate of drug-likeness (QED) is 0.629. The third-order valence-electron chi connectivity index (χ3n) is 4.69. The molecule has 1 N–H and O–H groups in total. The Hall–Kier alpha value is -3.02. The molecule has 3 rings (SSSR count). The van der Waals surface area contributed by atoms with E-state index in [2.05, 4.69) is 41.4 Å². The van der Waals surface area contributed by atoms with Gasteiger partial charge in [0.1, 0.15) is 5.82 Å². The van der Waals surface area contributed by atoms with Gasteiger partial charge in [-0.15, -0.1) is 0 Å². The zero-order chi connectivity index (χ0) is 19.9. The van der Waals surface area contributed by atoms with E-state index in [-0.39, 0.29) is 24.1 Å². The maximum Gasteiger partial charge on any atom is 0.227 e. The molecule has 5 nitrogen and oxygen atoms in total. The van der Waals surface area contributed by atoms with Crippen LogP contribution in [0.1, 0.15) is 37.6 Å². The lowest BCUT2D eigenvalue weighted by molar-refractivity contribution is -0.121. The van der Waals surface area contributed by atoms with E-state index in [9.17, 15) is 9.18 Å². The number of carbonyl (C=O) groups is 1. The Morgan fingerprint density at radius 1 is 1.11 bits per heavy atom. The predicted octanol–water partition coefficient (Wildman–Crippen LogP) is 4.36. The molecule has 1 aromatic heterocycles. The third kappa shape index (κ3) is 5.25. The number of hydrogen-bond acceptors (Lipinski definition) is 4. The first-order valence-electron chi connectivity index (χ1n) is 9.43. The van der Waals surface area contributed by atoms with Crippen molar-refractivity contribution in [2.24, 2.45) is 5.92 Å². The molecule has 28 heavy (non-hydrogen) atoms. The van der Waals surface area contributed by atoms with Gasteiger partial charge in [-0.25, -0.2) is 4.39 Å². The van der Waals surface area contributed by atoms with E-state index in [4.69, 9.17) is 4.52 Å². The van der Waals surface area contributed by atoms with Gasteiger partial charge in [-0.05, 0) is 35.7 Å². The highest BCUT2D eigenvalue weighted by Gasteiger charge is 2.17. The van der Waals surface area contributed by atoms with Crippen molar-refractivity contribution in [1.82, 2.24) is 15.5 Å². The molecule has 0 saturated heterocycles. The Morgan fingerprint density at radius 3 is 2.50 bits per heavy atom. The van der Waals surface area contributed by atoms with E-state index in [1.807, 2.05) is 18.2 Å². The van der Waals surface area contributed by atoms with Crippen LogP contribution >= 0.6 is 0 Å². The number of aromatic nitrogens is 2. The molecule has 0 radical (unpaired) electrons. The second kappa shape index (κ2) is 9.26. The minimum Gasteiger partial charge on any atom is -0.355 e. The first-order chi connectivity index (χ1) is 13.5. The van der Waals surface area contributed by atoms with E-state index in [1.54, 1.807) is 12.1 Å². The van der Waals surface area contributed by atoms with Gasteiger partial charge in [-0.3, -0.25) is 4.79 Å². The minimum absolute atomic E-state index is 0.0527. The summed E-state index contributed by atoms with van der Waals surface area (Å²) in [5.41, 5.74) is 1.89. The molecule has 0 aliphatic carbocycles. The number of nitrogens with zero attached hydrogens (tertiary/aromatic N) is 2. The van der Waals surface area contributed by atoms with E-state index in [0.29, 0.717) is 36.2 Å². The normalized spacial score (nSPS) is 12.1. The van der Waals surface area contributed by atoms with Crippen LogP contribution in [0.4, 0.5) is 4.39 Å². The average Bonchev–Trinajstić information content (AvgIpc) is 3.17. The molecule has 1 heterocycles. The molecule has 6 heteroatoms. The van der Waals surface area contributed by atoms with Crippen molar-refractivity contribution in [3.63, 3.8) is 0 Å². The molecule has 0 saturated carbocycles. The van der Waals surface area contributed by atoms with Gasteiger partial charge >= 0.3 is 0 Å². The van der Waals surface area contributed by atoms with Gasteiger partial charge in [0.25, 0.3) is 0 Å². The molecule has 0 aliphatic rings. The molecular weight excluding hydrogens is 357 g/mol. The summed E-state index contributed by atoms with van der Waals surface area (Å²) in [7, 11) is 0. The van der Waals surface area contributed by atoms with Crippen LogP contribution in [0, 0.1) is 11.7 Å². The van der Waals surface area contributed by atoms with Gasteiger partial charge in [0, 0.05) is 30.9 Å². The molecule has 1 amide bonds. The van der Waals surface area contributed by atoms with Crippen LogP contribution < -0.4 is 5.32 Å². The van der Waals surface area contributed by atoms with Crippen LogP contribution in [0.3, 0.4) is 0 Å². The van der Waals surface area contributed by atoms with Gasteiger partial charge in [0.15, 0.2) is 0 Å². The number of benzene rings is 2. The molecule has 1 unspecified atom stereocenters. The molecule has 3 aromatic rings. The SMILES string of the molecule is CC(C)C(CNC(=O)CCc1nc(-c2ccc(F)cc2)no1)c1ccccc1. The molecule has 0 spiro atoms. The zero-order valence-electron chi connectivity index (χ0n) is 16.1. The smallest absolute Gasteiger partial charge is 0.227 e. The fourth-order valence-corrected chi connectivity index (χ4v) is 3.04. The van der Waals surface area contributed by atoms with Crippen molar-refractivity contribution in [3.05, 3.63) is 71.9 Å². The first-order valence-corrected chi connectivity index (χ1v) is 9.43. The summed E-state index contributed by atoms with van der Waals surface area (Å²) in [6.45, 7) is 4.89. The summed E-state index contributed by atoms with van der Waals surface area (Å²) < 4.78 is 18.2. The lowest BCUT2D eigenvalue weighted by Gasteiger charge is -2.21. The Labute approximate surface area is 164 Å². The number of hydrogen-bond donors (Lipinski definition) is 1. The number of rotatable bonds is 8. The third-order valence-corrected chi connectivity index (χ3v) is 4.69. The molecule has 146 valence electrons. The van der Waals surface area contributed by atoms with Crippen molar-refractivity contribution in [3.8, 4) is 11.4 Å². The number of amides is 1. The summed E-state index contributed by atoms with van der Waals surface area (Å²) in [5, 5.41) is 6.90. The van der Waals surface area contributed by atoms with Crippen molar-refractivity contribution in [2.75, 3.05) is 6.54 Å². The lowest BCUT2D eigenvalue weighted by atomic mass is 9.88. The van der Waals surface area contributed by atoms with Gasteiger partial charge < -0.3 is 9.84 Å². The standard InChI is InChI=1S/C22H24FN3O2/c1-15(2)19(16-6-4-3-5-7-16)14-24-20(27)12-13-21-25-22(26-28-21)17-8-10-18(23)11-9-17/h3-11,15,19H,12-14H2,1-2H3,(H,24,27). The summed E-state index contributed by atoms with van der Waals surface area (Å²) in [6, 6.07) is 16.1. The molecule has 2 aromatic carbocycles. The monoisotopic (exact) mass is 381 g/mol. The number of aryl methyl sites for hydroxylation is 1. The van der Waals surface area contributed by atoms with E-state index >= 15 is 0 Å². The van der Waals surface area contributed by atoms with E-state index < -0.39 is 0 Å². The highest BCUT2D eigenvalue weighted by atomic mass is 19.1. The van der Waals surface area contributed by atoms with Crippen LogP contribution in [-0.2, 0) is 11.2 Å². The van der Waals surface area contributed by atoms with Crippen molar-refractivity contribution < 1.29 is 13.7 Å². The number of carbonyl (C=O) groups excluding carboxylic acids is 1. The maximum atomic E-state index is 13.0. The van der Waals surface area contributed by atoms with Crippen molar-refractivity contribution in [2.45, 2.75) is 32.6 Å². The van der Waals surface area contributed by atoms with Crippen LogP contribution in [0.5, 0.6) is 0 Å². The van der Waals surface area contributed by atoms with Gasteiger partial charge in [-0.2, -0.15) is 4.98 Å². The number of halogens is 1.